The third-order valence-corrected chi connectivity index (χ3v) is 5.82. The number of carbonyl (C=O) groups excluding carboxylic acids is 1. The Morgan fingerprint density at radius 3 is 2.59 bits per heavy atom. The first-order valence-corrected chi connectivity index (χ1v) is 9.57. The van der Waals surface area contributed by atoms with Crippen LogP contribution in [0.2, 0.25) is 0 Å². The van der Waals surface area contributed by atoms with E-state index in [1.54, 1.807) is 0 Å². The minimum Gasteiger partial charge on any atom is -0.493 e. The van der Waals surface area contributed by atoms with Gasteiger partial charge in [0.2, 0.25) is 5.82 Å². The first kappa shape index (κ1) is 23.9. The van der Waals surface area contributed by atoms with Gasteiger partial charge in [-0.25, -0.2) is 4.39 Å². The number of methoxy groups -OCH3 is 1. The smallest absolute Gasteiger partial charge is 0.417 e. The Labute approximate surface area is 180 Å². The average Bonchev–Trinajstić information content (AvgIpc) is 3.02. The molecule has 0 bridgehead atoms. The molecule has 2 unspecified atom stereocenters. The molecule has 0 saturated carbocycles. The largest absolute Gasteiger partial charge is 0.493 e. The second-order valence-corrected chi connectivity index (χ2v) is 7.62. The number of aliphatic hydroxyl groups is 1. The van der Waals surface area contributed by atoms with Crippen LogP contribution < -0.4 is 10.1 Å². The summed E-state index contributed by atoms with van der Waals surface area (Å²) in [4.78, 5) is 16.9. The zero-order valence-corrected chi connectivity index (χ0v) is 17.3. The van der Waals surface area contributed by atoms with Crippen molar-refractivity contribution in [3.63, 3.8) is 0 Å². The fourth-order valence-electron chi connectivity index (χ4n) is 3.90. The molecule has 4 atom stereocenters. The van der Waals surface area contributed by atoms with Crippen LogP contribution in [0.25, 0.3) is 0 Å². The number of anilines is 1. The van der Waals surface area contributed by atoms with E-state index < -0.39 is 59.6 Å². The van der Waals surface area contributed by atoms with Crippen molar-refractivity contribution in [3.05, 3.63) is 53.4 Å². The van der Waals surface area contributed by atoms with Crippen molar-refractivity contribution in [2.75, 3.05) is 12.4 Å². The first-order chi connectivity index (χ1) is 14.9. The lowest BCUT2D eigenvalue weighted by atomic mass is 9.77. The number of aliphatic hydroxyl groups excluding tert-OH is 1. The van der Waals surface area contributed by atoms with Gasteiger partial charge in [0.1, 0.15) is 6.10 Å². The van der Waals surface area contributed by atoms with E-state index in [4.69, 9.17) is 9.47 Å². The lowest BCUT2D eigenvalue weighted by molar-refractivity contribution is -0.272. The monoisotopic (exact) mass is 460 g/mol. The van der Waals surface area contributed by atoms with E-state index in [0.717, 1.165) is 26.2 Å². The predicted octanol–water partition coefficient (Wildman–Crippen LogP) is 3.94. The molecule has 6 nitrogen and oxygen atoms in total. The molecule has 2 heterocycles. The second-order valence-electron chi connectivity index (χ2n) is 7.62. The van der Waals surface area contributed by atoms with Crippen LogP contribution in [-0.4, -0.2) is 41.0 Å². The van der Waals surface area contributed by atoms with Gasteiger partial charge in [-0.3, -0.25) is 9.78 Å². The zero-order chi connectivity index (χ0) is 23.8. The van der Waals surface area contributed by atoms with Gasteiger partial charge in [0, 0.05) is 29.3 Å². The van der Waals surface area contributed by atoms with Gasteiger partial charge in [0.25, 0.3) is 5.91 Å². The van der Waals surface area contributed by atoms with Crippen LogP contribution in [0.4, 0.5) is 27.6 Å². The normalized spacial score (nSPS) is 25.6. The Kier molecular flexibility index (Phi) is 6.43. The van der Waals surface area contributed by atoms with Crippen LogP contribution >= 0.6 is 0 Å². The van der Waals surface area contributed by atoms with Gasteiger partial charge in [-0.15, -0.1) is 0 Å². The van der Waals surface area contributed by atoms with Crippen molar-refractivity contribution in [2.24, 2.45) is 5.92 Å². The highest BCUT2D eigenvalue weighted by Gasteiger charge is 2.65. The standard InChI is InChI=1S/C21H21F5N2O4/c1-10-15(13-4-5-14(22)16(23)17(13)31-3)18(32-20(10,2)21(24,25)26)19(30)28-11-6-7-27-12(8-11)9-29/h4-8,10,15,18,29H,9H2,1-3H3,(H,27,28,30)/t10-,15?,18?,20+/m0/s1. The number of alkyl halides is 3. The number of pyridine rings is 1. The summed E-state index contributed by atoms with van der Waals surface area (Å²) in [6.07, 6.45) is -5.26. The van der Waals surface area contributed by atoms with E-state index in [-0.39, 0.29) is 16.9 Å². The van der Waals surface area contributed by atoms with E-state index in [9.17, 15) is 31.9 Å². The maximum Gasteiger partial charge on any atom is 0.417 e. The minimum atomic E-state index is -4.85. The number of aromatic nitrogens is 1. The lowest BCUT2D eigenvalue weighted by Crippen LogP contribution is -2.47. The van der Waals surface area contributed by atoms with Gasteiger partial charge >= 0.3 is 6.18 Å². The SMILES string of the molecule is COc1c(C2C(C(=O)Nc3ccnc(CO)c3)O[C@@](C)(C(F)(F)F)[C@H]2C)ccc(F)c1F. The van der Waals surface area contributed by atoms with Gasteiger partial charge in [-0.1, -0.05) is 13.0 Å². The highest BCUT2D eigenvalue weighted by Crippen LogP contribution is 2.54. The number of ether oxygens (including phenoxy) is 2. The summed E-state index contributed by atoms with van der Waals surface area (Å²) in [5.41, 5.74) is -2.48. The van der Waals surface area contributed by atoms with Crippen molar-refractivity contribution < 1.29 is 41.3 Å². The number of hydrogen-bond donors (Lipinski definition) is 2. The summed E-state index contributed by atoms with van der Waals surface area (Å²) < 4.78 is 80.0. The van der Waals surface area contributed by atoms with Crippen LogP contribution in [0.3, 0.4) is 0 Å². The number of carbonyl (C=O) groups is 1. The molecule has 32 heavy (non-hydrogen) atoms. The van der Waals surface area contributed by atoms with Crippen LogP contribution in [0.15, 0.2) is 30.5 Å². The van der Waals surface area contributed by atoms with E-state index in [1.165, 1.54) is 25.3 Å². The highest BCUT2D eigenvalue weighted by atomic mass is 19.4. The molecule has 1 aromatic heterocycles. The fraction of sp³-hybridized carbons (Fsp3) is 0.429. The van der Waals surface area contributed by atoms with Crippen LogP contribution in [0.5, 0.6) is 5.75 Å². The van der Waals surface area contributed by atoms with Crippen molar-refractivity contribution in [3.8, 4) is 5.75 Å². The number of benzene rings is 1. The molecule has 1 aliphatic rings. The molecule has 1 fully saturated rings. The number of amides is 1. The Balaban J connectivity index is 2.07. The summed E-state index contributed by atoms with van der Waals surface area (Å²) in [6.45, 7) is 1.62. The molecule has 0 aliphatic carbocycles. The minimum absolute atomic E-state index is 0.127. The van der Waals surface area contributed by atoms with E-state index >= 15 is 0 Å². The third-order valence-electron chi connectivity index (χ3n) is 5.82. The molecule has 3 rings (SSSR count). The quantitative estimate of drug-likeness (QED) is 0.661. The van der Waals surface area contributed by atoms with Gasteiger partial charge in [-0.2, -0.15) is 17.6 Å². The number of rotatable bonds is 5. The van der Waals surface area contributed by atoms with Crippen molar-refractivity contribution in [1.29, 1.82) is 0 Å². The zero-order valence-electron chi connectivity index (χ0n) is 17.3. The second kappa shape index (κ2) is 8.62. The fourth-order valence-corrected chi connectivity index (χ4v) is 3.90. The van der Waals surface area contributed by atoms with E-state index in [2.05, 4.69) is 10.3 Å². The van der Waals surface area contributed by atoms with Gasteiger partial charge in [0.05, 0.1) is 19.4 Å². The number of hydrogen-bond acceptors (Lipinski definition) is 5. The molecule has 1 saturated heterocycles. The molecule has 1 amide bonds. The van der Waals surface area contributed by atoms with Gasteiger partial charge < -0.3 is 19.9 Å². The predicted molar refractivity (Wildman–Crippen MR) is 103 cm³/mol. The summed E-state index contributed by atoms with van der Waals surface area (Å²) in [5, 5.41) is 11.6. The Hall–Kier alpha value is -2.79. The summed E-state index contributed by atoms with van der Waals surface area (Å²) in [7, 11) is 1.05. The summed E-state index contributed by atoms with van der Waals surface area (Å²) in [6, 6.07) is 4.56. The Bertz CT molecular complexity index is 1020. The average molecular weight is 460 g/mol. The summed E-state index contributed by atoms with van der Waals surface area (Å²) in [5.74, 6) is -6.82. The van der Waals surface area contributed by atoms with Crippen molar-refractivity contribution in [1.82, 2.24) is 4.98 Å². The molecule has 1 aromatic carbocycles. The number of nitrogens with zero attached hydrogens (tertiary/aromatic N) is 1. The maximum atomic E-state index is 14.3. The van der Waals surface area contributed by atoms with E-state index in [1.807, 2.05) is 0 Å². The first-order valence-electron chi connectivity index (χ1n) is 9.57. The molecule has 0 spiro atoms. The summed E-state index contributed by atoms with van der Waals surface area (Å²) >= 11 is 0. The Morgan fingerprint density at radius 1 is 1.31 bits per heavy atom. The van der Waals surface area contributed by atoms with Crippen molar-refractivity contribution >= 4 is 11.6 Å². The molecular weight excluding hydrogens is 439 g/mol. The number of halogens is 5. The van der Waals surface area contributed by atoms with Gasteiger partial charge in [-0.05, 0) is 25.1 Å². The topological polar surface area (TPSA) is 80.7 Å². The highest BCUT2D eigenvalue weighted by molar-refractivity contribution is 5.95. The maximum absolute atomic E-state index is 14.3. The molecule has 2 aromatic rings. The van der Waals surface area contributed by atoms with Gasteiger partial charge in [0.15, 0.2) is 17.2 Å². The molecule has 2 N–H and O–H groups in total. The molecule has 11 heteroatoms. The Morgan fingerprint density at radius 2 is 2.00 bits per heavy atom. The van der Waals surface area contributed by atoms with E-state index in [0.29, 0.717) is 0 Å². The van der Waals surface area contributed by atoms with Crippen LogP contribution in [0, 0.1) is 17.6 Å². The van der Waals surface area contributed by atoms with Crippen LogP contribution in [-0.2, 0) is 16.1 Å². The molecule has 174 valence electrons. The lowest BCUT2D eigenvalue weighted by Gasteiger charge is -2.32. The van der Waals surface area contributed by atoms with Crippen molar-refractivity contribution in [2.45, 2.75) is 44.3 Å². The number of nitrogens with one attached hydrogen (secondary N) is 1. The molecule has 1 aliphatic heterocycles. The third kappa shape index (κ3) is 4.02. The molecular formula is C21H21F5N2O4. The van der Waals surface area contributed by atoms with Crippen LogP contribution in [0.1, 0.15) is 31.0 Å². The molecule has 0 radical (unpaired) electrons.